The fourth-order valence-corrected chi connectivity index (χ4v) is 2.34. The summed E-state index contributed by atoms with van der Waals surface area (Å²) in [4.78, 5) is 12.5. The molecule has 0 unspecified atom stereocenters. The van der Waals surface area contributed by atoms with Crippen molar-refractivity contribution in [2.45, 2.75) is 39.5 Å². The van der Waals surface area contributed by atoms with Crippen molar-refractivity contribution in [2.75, 3.05) is 12.4 Å². The molecular formula is C16H21FN2O2. The number of methoxy groups -OCH3 is 1. The van der Waals surface area contributed by atoms with Gasteiger partial charge in [-0.25, -0.2) is 4.39 Å². The second kappa shape index (κ2) is 7.63. The summed E-state index contributed by atoms with van der Waals surface area (Å²) in [5.74, 6) is -0.565. The van der Waals surface area contributed by atoms with Crippen molar-refractivity contribution in [1.82, 2.24) is 0 Å². The molecule has 0 bridgehead atoms. The summed E-state index contributed by atoms with van der Waals surface area (Å²) >= 11 is 0. The first-order chi connectivity index (χ1) is 10.0. The molecule has 5 heteroatoms. The Morgan fingerprint density at radius 3 is 2.48 bits per heavy atom. The Kier molecular flexibility index (Phi) is 6.16. The lowest BCUT2D eigenvalue weighted by Gasteiger charge is -2.24. The second-order valence-corrected chi connectivity index (χ2v) is 4.99. The first-order valence-electron chi connectivity index (χ1n) is 7.09. The number of ether oxygens (including phenoxy) is 1. The van der Waals surface area contributed by atoms with Crippen molar-refractivity contribution in [3.63, 3.8) is 0 Å². The lowest BCUT2D eigenvalue weighted by Crippen LogP contribution is -2.35. The first-order valence-corrected chi connectivity index (χ1v) is 7.09. The molecule has 0 spiro atoms. The molecule has 0 aliphatic rings. The zero-order valence-electron chi connectivity index (χ0n) is 12.7. The number of hydrogen-bond donors (Lipinski definition) is 1. The third kappa shape index (κ3) is 3.94. The topological polar surface area (TPSA) is 62.1 Å². The van der Waals surface area contributed by atoms with Gasteiger partial charge in [0.25, 0.3) is 0 Å². The number of benzene rings is 1. The van der Waals surface area contributed by atoms with Crippen molar-refractivity contribution in [3.8, 4) is 11.8 Å². The van der Waals surface area contributed by atoms with E-state index in [0.29, 0.717) is 31.4 Å². The smallest absolute Gasteiger partial charge is 0.244 e. The molecule has 0 aliphatic heterocycles. The molecule has 1 aromatic rings. The lowest BCUT2D eigenvalue weighted by molar-refractivity contribution is -0.123. The molecule has 4 nitrogen and oxygen atoms in total. The highest BCUT2D eigenvalue weighted by atomic mass is 19.1. The average Bonchev–Trinajstić information content (AvgIpc) is 2.49. The van der Waals surface area contributed by atoms with E-state index in [-0.39, 0.29) is 5.69 Å². The molecule has 1 aromatic carbocycles. The van der Waals surface area contributed by atoms with Gasteiger partial charge in [0.05, 0.1) is 18.9 Å². The van der Waals surface area contributed by atoms with Crippen molar-refractivity contribution >= 4 is 11.6 Å². The number of rotatable bonds is 7. The molecule has 0 aliphatic carbocycles. The van der Waals surface area contributed by atoms with Crippen LogP contribution in [-0.2, 0) is 4.79 Å². The molecule has 1 N–H and O–H groups in total. The van der Waals surface area contributed by atoms with Gasteiger partial charge < -0.3 is 10.1 Å². The Balaban J connectivity index is 3.04. The van der Waals surface area contributed by atoms with Crippen molar-refractivity contribution < 1.29 is 13.9 Å². The van der Waals surface area contributed by atoms with Crippen LogP contribution in [0.15, 0.2) is 18.2 Å². The molecule has 1 rings (SSSR count). The molecule has 0 radical (unpaired) electrons. The normalized spacial score (nSPS) is 10.8. The SMILES string of the molecule is CCCC(C#N)(CCC)C(=O)Nc1cc(OC)ccc1F. The molecule has 21 heavy (non-hydrogen) atoms. The van der Waals surface area contributed by atoms with Crippen LogP contribution in [0.4, 0.5) is 10.1 Å². The number of amides is 1. The molecule has 114 valence electrons. The average molecular weight is 292 g/mol. The molecule has 0 atom stereocenters. The van der Waals surface area contributed by atoms with E-state index in [1.54, 1.807) is 0 Å². The monoisotopic (exact) mass is 292 g/mol. The van der Waals surface area contributed by atoms with Crippen LogP contribution in [-0.4, -0.2) is 13.0 Å². The maximum Gasteiger partial charge on any atom is 0.244 e. The summed E-state index contributed by atoms with van der Waals surface area (Å²) in [6, 6.07) is 6.23. The second-order valence-electron chi connectivity index (χ2n) is 4.99. The van der Waals surface area contributed by atoms with E-state index in [4.69, 9.17) is 4.74 Å². The van der Waals surface area contributed by atoms with Gasteiger partial charge in [-0.1, -0.05) is 26.7 Å². The van der Waals surface area contributed by atoms with Gasteiger partial charge in [-0.3, -0.25) is 4.79 Å². The number of nitrogens with one attached hydrogen (secondary N) is 1. The number of halogens is 1. The van der Waals surface area contributed by atoms with Gasteiger partial charge in [0.1, 0.15) is 17.0 Å². The van der Waals surface area contributed by atoms with Crippen molar-refractivity contribution in [3.05, 3.63) is 24.0 Å². The molecule has 0 saturated carbocycles. The molecule has 0 aromatic heterocycles. The van der Waals surface area contributed by atoms with Gasteiger partial charge in [0.2, 0.25) is 5.91 Å². The highest BCUT2D eigenvalue weighted by molar-refractivity contribution is 5.97. The number of anilines is 1. The van der Waals surface area contributed by atoms with Gasteiger partial charge >= 0.3 is 0 Å². The van der Waals surface area contributed by atoms with Crippen molar-refractivity contribution in [1.29, 1.82) is 5.26 Å². The Morgan fingerprint density at radius 1 is 1.38 bits per heavy atom. The number of hydrogen-bond acceptors (Lipinski definition) is 3. The highest BCUT2D eigenvalue weighted by Crippen LogP contribution is 2.32. The Morgan fingerprint density at radius 2 is 2.00 bits per heavy atom. The van der Waals surface area contributed by atoms with E-state index in [9.17, 15) is 14.4 Å². The number of carbonyl (C=O) groups is 1. The number of carbonyl (C=O) groups excluding carboxylic acids is 1. The third-order valence-electron chi connectivity index (χ3n) is 3.42. The van der Waals surface area contributed by atoms with Crippen LogP contribution < -0.4 is 10.1 Å². The Labute approximate surface area is 124 Å². The van der Waals surface area contributed by atoms with E-state index in [1.807, 2.05) is 13.8 Å². The number of nitriles is 1. The Bertz CT molecular complexity index is 532. The fourth-order valence-electron chi connectivity index (χ4n) is 2.34. The van der Waals surface area contributed by atoms with E-state index in [0.717, 1.165) is 0 Å². The first kappa shape index (κ1) is 17.0. The minimum absolute atomic E-state index is 0.0335. The maximum atomic E-state index is 13.8. The van der Waals surface area contributed by atoms with Gasteiger partial charge in [-0.15, -0.1) is 0 Å². The van der Waals surface area contributed by atoms with E-state index in [1.165, 1.54) is 25.3 Å². The van der Waals surface area contributed by atoms with E-state index in [2.05, 4.69) is 11.4 Å². The summed E-state index contributed by atoms with van der Waals surface area (Å²) in [5.41, 5.74) is -1.08. The predicted molar refractivity (Wildman–Crippen MR) is 79.4 cm³/mol. The van der Waals surface area contributed by atoms with Crippen LogP contribution in [0.1, 0.15) is 39.5 Å². The Hall–Kier alpha value is -2.09. The van der Waals surface area contributed by atoms with Gasteiger partial charge in [0, 0.05) is 6.07 Å². The van der Waals surface area contributed by atoms with Crippen LogP contribution in [0.25, 0.3) is 0 Å². The van der Waals surface area contributed by atoms with Crippen LogP contribution in [0, 0.1) is 22.6 Å². The maximum absolute atomic E-state index is 13.8. The minimum atomic E-state index is -1.11. The molecule has 0 heterocycles. The number of nitrogens with zero attached hydrogens (tertiary/aromatic N) is 1. The zero-order valence-corrected chi connectivity index (χ0v) is 12.7. The highest BCUT2D eigenvalue weighted by Gasteiger charge is 2.37. The van der Waals surface area contributed by atoms with Crippen LogP contribution in [0.3, 0.4) is 0 Å². The summed E-state index contributed by atoms with van der Waals surface area (Å²) in [6.45, 7) is 3.84. The minimum Gasteiger partial charge on any atom is -0.497 e. The standard InChI is InChI=1S/C16H21FN2O2/c1-4-8-16(11-18,9-5-2)15(20)19-14-10-12(21-3)6-7-13(14)17/h6-7,10H,4-5,8-9H2,1-3H3,(H,19,20). The van der Waals surface area contributed by atoms with Crippen LogP contribution in [0.5, 0.6) is 5.75 Å². The van der Waals surface area contributed by atoms with Gasteiger partial charge in [-0.05, 0) is 25.0 Å². The van der Waals surface area contributed by atoms with E-state index < -0.39 is 17.1 Å². The molecular weight excluding hydrogens is 271 g/mol. The van der Waals surface area contributed by atoms with Crippen molar-refractivity contribution in [2.24, 2.45) is 5.41 Å². The lowest BCUT2D eigenvalue weighted by atomic mass is 9.79. The largest absolute Gasteiger partial charge is 0.497 e. The quantitative estimate of drug-likeness (QED) is 0.829. The van der Waals surface area contributed by atoms with E-state index >= 15 is 0 Å². The predicted octanol–water partition coefficient (Wildman–Crippen LogP) is 3.88. The summed E-state index contributed by atoms with van der Waals surface area (Å²) in [7, 11) is 1.46. The van der Waals surface area contributed by atoms with Crippen LogP contribution >= 0.6 is 0 Å². The third-order valence-corrected chi connectivity index (χ3v) is 3.42. The van der Waals surface area contributed by atoms with Gasteiger partial charge in [0.15, 0.2) is 0 Å². The summed E-state index contributed by atoms with van der Waals surface area (Å²) in [5, 5.41) is 12.0. The molecule has 0 saturated heterocycles. The molecule has 0 fully saturated rings. The zero-order chi connectivity index (χ0) is 15.9. The fraction of sp³-hybridized carbons (Fsp3) is 0.500. The summed E-state index contributed by atoms with van der Waals surface area (Å²) in [6.07, 6.45) is 2.33. The summed E-state index contributed by atoms with van der Waals surface area (Å²) < 4.78 is 18.8. The van der Waals surface area contributed by atoms with Gasteiger partial charge in [-0.2, -0.15) is 5.26 Å². The van der Waals surface area contributed by atoms with Crippen LogP contribution in [0.2, 0.25) is 0 Å². The molecule has 1 amide bonds.